The molecule has 0 aromatic heterocycles. The van der Waals surface area contributed by atoms with Crippen molar-refractivity contribution in [2.24, 2.45) is 0 Å². The van der Waals surface area contributed by atoms with Crippen molar-refractivity contribution in [3.8, 4) is 16.9 Å². The standard InChI is InChI=1S/C15H14F2O/c1-10-6-5-7-11(2)14(10)12-8-3-4-9-13(12)18-15(16)17/h3-9,15H,1-2H3. The van der Waals surface area contributed by atoms with Gasteiger partial charge < -0.3 is 4.74 Å². The number of benzene rings is 2. The Hall–Kier alpha value is -1.90. The van der Waals surface area contributed by atoms with Gasteiger partial charge in [-0.05, 0) is 36.6 Å². The van der Waals surface area contributed by atoms with Crippen molar-refractivity contribution in [2.45, 2.75) is 20.5 Å². The van der Waals surface area contributed by atoms with Gasteiger partial charge in [-0.15, -0.1) is 0 Å². The van der Waals surface area contributed by atoms with E-state index in [0.717, 1.165) is 16.7 Å². The lowest BCUT2D eigenvalue weighted by Gasteiger charge is -2.14. The van der Waals surface area contributed by atoms with E-state index in [-0.39, 0.29) is 5.75 Å². The molecule has 0 saturated carbocycles. The van der Waals surface area contributed by atoms with Gasteiger partial charge in [-0.1, -0.05) is 36.4 Å². The van der Waals surface area contributed by atoms with E-state index in [9.17, 15) is 8.78 Å². The fourth-order valence-electron chi connectivity index (χ4n) is 2.11. The highest BCUT2D eigenvalue weighted by Gasteiger charge is 2.13. The van der Waals surface area contributed by atoms with Crippen molar-refractivity contribution in [1.29, 1.82) is 0 Å². The van der Waals surface area contributed by atoms with Gasteiger partial charge in [0.1, 0.15) is 5.75 Å². The van der Waals surface area contributed by atoms with E-state index < -0.39 is 6.61 Å². The Kier molecular flexibility index (Phi) is 3.60. The van der Waals surface area contributed by atoms with Gasteiger partial charge in [-0.25, -0.2) is 0 Å². The van der Waals surface area contributed by atoms with Crippen LogP contribution in [0.15, 0.2) is 42.5 Å². The van der Waals surface area contributed by atoms with Crippen LogP contribution in [-0.2, 0) is 0 Å². The summed E-state index contributed by atoms with van der Waals surface area (Å²) in [7, 11) is 0. The number of alkyl halides is 2. The van der Waals surface area contributed by atoms with E-state index in [2.05, 4.69) is 4.74 Å². The van der Waals surface area contributed by atoms with Crippen molar-refractivity contribution < 1.29 is 13.5 Å². The minimum atomic E-state index is -2.81. The molecule has 0 unspecified atom stereocenters. The third-order valence-electron chi connectivity index (χ3n) is 2.85. The lowest BCUT2D eigenvalue weighted by atomic mass is 9.95. The van der Waals surface area contributed by atoms with Crippen LogP contribution in [0.2, 0.25) is 0 Å². The average Bonchev–Trinajstić information content (AvgIpc) is 2.30. The maximum absolute atomic E-state index is 12.4. The van der Waals surface area contributed by atoms with Gasteiger partial charge in [0.25, 0.3) is 0 Å². The molecule has 0 N–H and O–H groups in total. The topological polar surface area (TPSA) is 9.23 Å². The van der Waals surface area contributed by atoms with Crippen LogP contribution < -0.4 is 4.74 Å². The third kappa shape index (κ3) is 2.50. The van der Waals surface area contributed by atoms with E-state index in [1.807, 2.05) is 38.1 Å². The summed E-state index contributed by atoms with van der Waals surface area (Å²) in [6.45, 7) is 1.11. The van der Waals surface area contributed by atoms with Gasteiger partial charge in [0.05, 0.1) is 0 Å². The third-order valence-corrected chi connectivity index (χ3v) is 2.85. The molecule has 0 spiro atoms. The molecule has 0 aliphatic rings. The van der Waals surface area contributed by atoms with E-state index in [4.69, 9.17) is 0 Å². The Morgan fingerprint density at radius 2 is 1.50 bits per heavy atom. The monoisotopic (exact) mass is 248 g/mol. The molecule has 0 amide bonds. The van der Waals surface area contributed by atoms with Gasteiger partial charge in [0, 0.05) is 5.56 Å². The first-order valence-corrected chi connectivity index (χ1v) is 5.70. The molecular weight excluding hydrogens is 234 g/mol. The summed E-state index contributed by atoms with van der Waals surface area (Å²) in [4.78, 5) is 0. The molecule has 0 heterocycles. The molecule has 0 fully saturated rings. The van der Waals surface area contributed by atoms with E-state index in [0.29, 0.717) is 5.56 Å². The van der Waals surface area contributed by atoms with Crippen LogP contribution in [0.3, 0.4) is 0 Å². The highest BCUT2D eigenvalue weighted by molar-refractivity contribution is 5.75. The van der Waals surface area contributed by atoms with Crippen LogP contribution in [0.25, 0.3) is 11.1 Å². The maximum atomic E-state index is 12.4. The average molecular weight is 248 g/mol. The highest BCUT2D eigenvalue weighted by Crippen LogP contribution is 2.35. The minimum Gasteiger partial charge on any atom is -0.434 e. The lowest BCUT2D eigenvalue weighted by molar-refractivity contribution is -0.0494. The van der Waals surface area contributed by atoms with Crippen molar-refractivity contribution >= 4 is 0 Å². The Morgan fingerprint density at radius 3 is 2.11 bits per heavy atom. The van der Waals surface area contributed by atoms with Crippen LogP contribution in [0, 0.1) is 13.8 Å². The zero-order valence-corrected chi connectivity index (χ0v) is 10.3. The van der Waals surface area contributed by atoms with Crippen molar-refractivity contribution in [3.63, 3.8) is 0 Å². The number of halogens is 2. The van der Waals surface area contributed by atoms with Crippen molar-refractivity contribution in [1.82, 2.24) is 0 Å². The van der Waals surface area contributed by atoms with E-state index in [1.54, 1.807) is 18.2 Å². The first kappa shape index (κ1) is 12.6. The number of hydrogen-bond acceptors (Lipinski definition) is 1. The summed E-state index contributed by atoms with van der Waals surface area (Å²) in [6, 6.07) is 12.7. The normalized spacial score (nSPS) is 10.7. The molecule has 2 aromatic rings. The number of hydrogen-bond donors (Lipinski definition) is 0. The molecule has 0 aliphatic carbocycles. The molecule has 2 aromatic carbocycles. The van der Waals surface area contributed by atoms with Crippen molar-refractivity contribution in [2.75, 3.05) is 0 Å². The number of aryl methyl sites for hydroxylation is 2. The van der Waals surface area contributed by atoms with Gasteiger partial charge in [-0.2, -0.15) is 8.78 Å². The van der Waals surface area contributed by atoms with Gasteiger partial charge >= 0.3 is 6.61 Å². The molecule has 1 nitrogen and oxygen atoms in total. The number of ether oxygens (including phenoxy) is 1. The summed E-state index contributed by atoms with van der Waals surface area (Å²) < 4.78 is 29.4. The Labute approximate surface area is 105 Å². The fourth-order valence-corrected chi connectivity index (χ4v) is 2.11. The molecule has 94 valence electrons. The van der Waals surface area contributed by atoms with Gasteiger partial charge in [0.2, 0.25) is 0 Å². The molecular formula is C15H14F2O. The smallest absolute Gasteiger partial charge is 0.387 e. The summed E-state index contributed by atoms with van der Waals surface area (Å²) in [6.07, 6.45) is 0. The highest BCUT2D eigenvalue weighted by atomic mass is 19.3. The Balaban J connectivity index is 2.57. The number of rotatable bonds is 3. The van der Waals surface area contributed by atoms with Crippen molar-refractivity contribution in [3.05, 3.63) is 53.6 Å². The summed E-state index contributed by atoms with van der Waals surface area (Å²) in [5.41, 5.74) is 3.74. The predicted octanol–water partition coefficient (Wildman–Crippen LogP) is 4.57. The Morgan fingerprint density at radius 1 is 0.889 bits per heavy atom. The van der Waals surface area contributed by atoms with Crippen LogP contribution in [0.1, 0.15) is 11.1 Å². The second-order valence-corrected chi connectivity index (χ2v) is 4.14. The van der Waals surface area contributed by atoms with E-state index >= 15 is 0 Å². The zero-order valence-electron chi connectivity index (χ0n) is 10.3. The maximum Gasteiger partial charge on any atom is 0.387 e. The molecule has 18 heavy (non-hydrogen) atoms. The number of para-hydroxylation sites is 1. The lowest BCUT2D eigenvalue weighted by Crippen LogP contribution is -2.03. The predicted molar refractivity (Wildman–Crippen MR) is 68.0 cm³/mol. The summed E-state index contributed by atoms with van der Waals surface area (Å²) >= 11 is 0. The SMILES string of the molecule is Cc1cccc(C)c1-c1ccccc1OC(F)F. The molecule has 0 atom stereocenters. The second kappa shape index (κ2) is 5.17. The first-order valence-electron chi connectivity index (χ1n) is 5.70. The van der Waals surface area contributed by atoms with Crippen LogP contribution in [0.5, 0.6) is 5.75 Å². The van der Waals surface area contributed by atoms with Gasteiger partial charge in [0.15, 0.2) is 0 Å². The second-order valence-electron chi connectivity index (χ2n) is 4.14. The quantitative estimate of drug-likeness (QED) is 0.773. The van der Waals surface area contributed by atoms with Crippen LogP contribution in [0.4, 0.5) is 8.78 Å². The largest absolute Gasteiger partial charge is 0.434 e. The van der Waals surface area contributed by atoms with Crippen LogP contribution >= 0.6 is 0 Å². The molecule has 0 radical (unpaired) electrons. The minimum absolute atomic E-state index is 0.213. The summed E-state index contributed by atoms with van der Waals surface area (Å²) in [5, 5.41) is 0. The molecule has 0 bridgehead atoms. The molecule has 0 aliphatic heterocycles. The first-order chi connectivity index (χ1) is 8.59. The Bertz CT molecular complexity index is 530. The zero-order chi connectivity index (χ0) is 13.1. The van der Waals surface area contributed by atoms with Crippen LogP contribution in [-0.4, -0.2) is 6.61 Å². The molecule has 0 saturated heterocycles. The molecule has 2 rings (SSSR count). The summed E-state index contributed by atoms with van der Waals surface area (Å²) in [5.74, 6) is 0.213. The fraction of sp³-hybridized carbons (Fsp3) is 0.200. The van der Waals surface area contributed by atoms with Gasteiger partial charge in [-0.3, -0.25) is 0 Å². The molecule has 3 heteroatoms. The van der Waals surface area contributed by atoms with E-state index in [1.165, 1.54) is 0 Å².